The minimum Gasteiger partial charge on any atom is -0.481 e. The molecule has 1 N–H and O–H groups in total. The monoisotopic (exact) mass is 311 g/mol. The van der Waals surface area contributed by atoms with Crippen molar-refractivity contribution in [1.29, 1.82) is 0 Å². The molecule has 2 unspecified atom stereocenters. The topological polar surface area (TPSA) is 74.7 Å². The molecule has 21 heavy (non-hydrogen) atoms. The molecule has 2 atom stereocenters. The number of carboxylic acid groups (broad SMARTS) is 1. The van der Waals surface area contributed by atoms with Crippen LogP contribution in [0.5, 0.6) is 0 Å². The lowest BCUT2D eigenvalue weighted by atomic mass is 9.81. The van der Waals surface area contributed by atoms with Gasteiger partial charge in [0.25, 0.3) is 0 Å². The highest BCUT2D eigenvalue weighted by molar-refractivity contribution is 7.91. The van der Waals surface area contributed by atoms with Crippen molar-refractivity contribution in [2.75, 3.05) is 25.1 Å². The summed E-state index contributed by atoms with van der Waals surface area (Å²) in [4.78, 5) is 13.6. The van der Waals surface area contributed by atoms with E-state index in [-0.39, 0.29) is 24.1 Å². The normalized spacial score (nSPS) is 23.9. The van der Waals surface area contributed by atoms with Gasteiger partial charge in [-0.25, -0.2) is 8.42 Å². The van der Waals surface area contributed by atoms with Crippen molar-refractivity contribution < 1.29 is 18.3 Å². The van der Waals surface area contributed by atoms with E-state index in [1.165, 1.54) is 0 Å². The summed E-state index contributed by atoms with van der Waals surface area (Å²) in [6.07, 6.45) is 0.573. The molecule has 1 aromatic carbocycles. The van der Waals surface area contributed by atoms with E-state index in [9.17, 15) is 18.3 Å². The first-order valence-electron chi connectivity index (χ1n) is 6.94. The maximum atomic E-state index is 11.8. The molecule has 0 aromatic heterocycles. The predicted molar refractivity (Wildman–Crippen MR) is 81.1 cm³/mol. The molecule has 1 saturated heterocycles. The van der Waals surface area contributed by atoms with E-state index in [0.29, 0.717) is 6.42 Å². The van der Waals surface area contributed by atoms with E-state index in [0.717, 1.165) is 5.56 Å². The Hall–Kier alpha value is -1.40. The molecule has 0 saturated carbocycles. The maximum Gasteiger partial charge on any atom is 0.315 e. The summed E-state index contributed by atoms with van der Waals surface area (Å²) >= 11 is 0. The molecular formula is C15H21NO4S. The summed E-state index contributed by atoms with van der Waals surface area (Å²) < 4.78 is 23.1. The van der Waals surface area contributed by atoms with Gasteiger partial charge in [0.2, 0.25) is 0 Å². The molecule has 0 spiro atoms. The van der Waals surface area contributed by atoms with Gasteiger partial charge >= 0.3 is 5.97 Å². The molecule has 0 bridgehead atoms. The van der Waals surface area contributed by atoms with Crippen LogP contribution in [0.15, 0.2) is 30.3 Å². The van der Waals surface area contributed by atoms with Crippen LogP contribution in [0.4, 0.5) is 0 Å². The molecule has 1 aliphatic rings. The Morgan fingerprint density at radius 2 is 2.00 bits per heavy atom. The number of sulfone groups is 1. The zero-order chi connectivity index (χ0) is 15.7. The molecule has 1 fully saturated rings. The predicted octanol–water partition coefficient (Wildman–Crippen LogP) is 1.15. The van der Waals surface area contributed by atoms with E-state index < -0.39 is 21.2 Å². The van der Waals surface area contributed by atoms with Gasteiger partial charge < -0.3 is 10.0 Å². The minimum absolute atomic E-state index is 0.0996. The van der Waals surface area contributed by atoms with Crippen LogP contribution in [-0.2, 0) is 20.0 Å². The van der Waals surface area contributed by atoms with E-state index in [1.807, 2.05) is 23.1 Å². The summed E-state index contributed by atoms with van der Waals surface area (Å²) in [6.45, 7) is 1.97. The van der Waals surface area contributed by atoms with Gasteiger partial charge in [-0.1, -0.05) is 30.3 Å². The molecular weight excluding hydrogens is 290 g/mol. The third kappa shape index (κ3) is 3.44. The van der Waals surface area contributed by atoms with Crippen molar-refractivity contribution in [2.24, 2.45) is 0 Å². The SMILES string of the molecule is CN(CC(C)(C(=O)O)c1ccccc1)C1CCS(=O)(=O)C1. The van der Waals surface area contributed by atoms with Gasteiger partial charge in [-0.3, -0.25) is 4.79 Å². The van der Waals surface area contributed by atoms with Gasteiger partial charge in [-0.2, -0.15) is 0 Å². The second-order valence-corrected chi connectivity index (χ2v) is 8.20. The van der Waals surface area contributed by atoms with Gasteiger partial charge in [0.05, 0.1) is 11.5 Å². The first-order valence-corrected chi connectivity index (χ1v) is 8.76. The van der Waals surface area contributed by atoms with E-state index in [2.05, 4.69) is 0 Å². The lowest BCUT2D eigenvalue weighted by molar-refractivity contribution is -0.144. The average Bonchev–Trinajstić information content (AvgIpc) is 2.80. The molecule has 1 aromatic rings. The standard InChI is InChI=1S/C15H21NO4S/c1-15(14(17)18,12-6-4-3-5-7-12)11-16(2)13-8-9-21(19,20)10-13/h3-7,13H,8-11H2,1-2H3,(H,17,18). The highest BCUT2D eigenvalue weighted by Crippen LogP contribution is 2.27. The van der Waals surface area contributed by atoms with E-state index in [1.54, 1.807) is 26.1 Å². The first kappa shape index (κ1) is 16.0. The quantitative estimate of drug-likeness (QED) is 0.883. The third-order valence-corrected chi connectivity index (χ3v) is 6.03. The lowest BCUT2D eigenvalue weighted by Gasteiger charge is -2.33. The zero-order valence-corrected chi connectivity index (χ0v) is 13.1. The summed E-state index contributed by atoms with van der Waals surface area (Å²) in [5.41, 5.74) is -0.326. The largest absolute Gasteiger partial charge is 0.481 e. The molecule has 0 amide bonds. The molecule has 0 aliphatic carbocycles. The Morgan fingerprint density at radius 3 is 2.48 bits per heavy atom. The second-order valence-electron chi connectivity index (χ2n) is 5.98. The maximum absolute atomic E-state index is 11.8. The summed E-state index contributed by atoms with van der Waals surface area (Å²) in [7, 11) is -1.17. The van der Waals surface area contributed by atoms with Crippen molar-refractivity contribution >= 4 is 15.8 Å². The number of hydrogen-bond donors (Lipinski definition) is 1. The van der Waals surface area contributed by atoms with Crippen LogP contribution in [0.25, 0.3) is 0 Å². The van der Waals surface area contributed by atoms with Crippen LogP contribution in [0.3, 0.4) is 0 Å². The summed E-state index contributed by atoms with van der Waals surface area (Å²) in [5, 5.41) is 9.64. The number of aliphatic carboxylic acids is 1. The number of nitrogens with zero attached hydrogens (tertiary/aromatic N) is 1. The molecule has 2 rings (SSSR count). The molecule has 1 heterocycles. The Morgan fingerprint density at radius 1 is 1.38 bits per heavy atom. The number of likely N-dealkylation sites (N-methyl/N-ethyl adjacent to an activating group) is 1. The fourth-order valence-corrected chi connectivity index (χ4v) is 4.64. The van der Waals surface area contributed by atoms with Gasteiger partial charge in [-0.15, -0.1) is 0 Å². The number of carboxylic acids is 1. The molecule has 1 aliphatic heterocycles. The molecule has 5 nitrogen and oxygen atoms in total. The van der Waals surface area contributed by atoms with Crippen LogP contribution in [0.2, 0.25) is 0 Å². The van der Waals surface area contributed by atoms with Gasteiger partial charge in [-0.05, 0) is 26.0 Å². The van der Waals surface area contributed by atoms with Crippen molar-refractivity contribution in [2.45, 2.75) is 24.8 Å². The van der Waals surface area contributed by atoms with E-state index >= 15 is 0 Å². The third-order valence-electron chi connectivity index (χ3n) is 4.28. The number of carbonyl (C=O) groups is 1. The molecule has 0 radical (unpaired) electrons. The smallest absolute Gasteiger partial charge is 0.315 e. The van der Waals surface area contributed by atoms with Crippen molar-refractivity contribution in [1.82, 2.24) is 4.90 Å². The Kier molecular flexibility index (Phi) is 4.39. The highest BCUT2D eigenvalue weighted by atomic mass is 32.2. The van der Waals surface area contributed by atoms with Crippen LogP contribution < -0.4 is 0 Å². The van der Waals surface area contributed by atoms with Crippen molar-refractivity contribution in [3.05, 3.63) is 35.9 Å². The number of benzene rings is 1. The molecule has 6 heteroatoms. The Balaban J connectivity index is 2.19. The lowest BCUT2D eigenvalue weighted by Crippen LogP contribution is -2.47. The van der Waals surface area contributed by atoms with Gasteiger partial charge in [0, 0.05) is 12.6 Å². The summed E-state index contributed by atoms with van der Waals surface area (Å²) in [5.74, 6) is -0.591. The average molecular weight is 311 g/mol. The fourth-order valence-electron chi connectivity index (χ4n) is 2.84. The van der Waals surface area contributed by atoms with Crippen molar-refractivity contribution in [3.63, 3.8) is 0 Å². The Labute approximate surface area is 125 Å². The Bertz CT molecular complexity index is 614. The first-order chi connectivity index (χ1) is 9.74. The number of rotatable bonds is 5. The summed E-state index contributed by atoms with van der Waals surface area (Å²) in [6, 6.07) is 8.98. The minimum atomic E-state index is -2.97. The number of hydrogen-bond acceptors (Lipinski definition) is 4. The fraction of sp³-hybridized carbons (Fsp3) is 0.533. The van der Waals surface area contributed by atoms with Crippen LogP contribution in [0.1, 0.15) is 18.9 Å². The van der Waals surface area contributed by atoms with Gasteiger partial charge in [0.15, 0.2) is 9.84 Å². The van der Waals surface area contributed by atoms with Crippen LogP contribution >= 0.6 is 0 Å². The zero-order valence-electron chi connectivity index (χ0n) is 12.3. The van der Waals surface area contributed by atoms with Crippen LogP contribution in [0, 0.1) is 0 Å². The van der Waals surface area contributed by atoms with E-state index in [4.69, 9.17) is 0 Å². The van der Waals surface area contributed by atoms with Crippen molar-refractivity contribution in [3.8, 4) is 0 Å². The second kappa shape index (κ2) is 5.77. The highest BCUT2D eigenvalue weighted by Gasteiger charge is 2.39. The van der Waals surface area contributed by atoms with Crippen LogP contribution in [-0.4, -0.2) is 55.5 Å². The molecule has 116 valence electrons. The van der Waals surface area contributed by atoms with Gasteiger partial charge in [0.1, 0.15) is 5.41 Å².